The third kappa shape index (κ3) is 4.48. The first kappa shape index (κ1) is 20.8. The Balaban J connectivity index is 0.000000272. The van der Waals surface area contributed by atoms with Gasteiger partial charge in [0.15, 0.2) is 11.5 Å². The number of fused-ring (bicyclic) bond motifs is 1. The van der Waals surface area contributed by atoms with Crippen LogP contribution >= 0.6 is 0 Å². The zero-order valence-corrected chi connectivity index (χ0v) is 16.3. The molecule has 1 unspecified atom stereocenters. The molecule has 1 spiro atoms. The summed E-state index contributed by atoms with van der Waals surface area (Å²) in [6.07, 6.45) is -0.466. The fourth-order valence-corrected chi connectivity index (χ4v) is 4.31. The maximum absolute atomic E-state index is 12.6. The largest absolute Gasteiger partial charge is 0.490 e. The van der Waals surface area contributed by atoms with E-state index in [2.05, 4.69) is 4.90 Å². The summed E-state index contributed by atoms with van der Waals surface area (Å²) in [5.74, 6) is -0.0681. The number of alkyl halides is 3. The van der Waals surface area contributed by atoms with Gasteiger partial charge < -0.3 is 24.4 Å². The molecule has 1 aromatic rings. The number of carboxylic acid groups (broad SMARTS) is 1. The van der Waals surface area contributed by atoms with Crippen molar-refractivity contribution < 1.29 is 37.3 Å². The molecule has 1 amide bonds. The van der Waals surface area contributed by atoms with E-state index in [0.29, 0.717) is 6.42 Å². The molecule has 4 aliphatic rings. The van der Waals surface area contributed by atoms with E-state index < -0.39 is 12.1 Å². The van der Waals surface area contributed by atoms with Crippen molar-refractivity contribution >= 4 is 17.6 Å². The van der Waals surface area contributed by atoms with Gasteiger partial charge in [0.2, 0.25) is 12.7 Å². The van der Waals surface area contributed by atoms with Crippen molar-refractivity contribution in [3.8, 4) is 11.5 Å². The van der Waals surface area contributed by atoms with Crippen molar-refractivity contribution in [2.45, 2.75) is 31.9 Å². The SMILES string of the molecule is O=C(O)C(F)(F)F.O=C1CC2(CCN(CC3CC3)C2)CN1c1ccc2c(c1)OCO2. The lowest BCUT2D eigenvalue weighted by molar-refractivity contribution is -0.192. The molecule has 0 radical (unpaired) electrons. The van der Waals surface area contributed by atoms with Crippen LogP contribution < -0.4 is 14.4 Å². The lowest BCUT2D eigenvalue weighted by Crippen LogP contribution is -2.32. The monoisotopic (exact) mass is 428 g/mol. The Kier molecular flexibility index (Phi) is 5.29. The summed E-state index contributed by atoms with van der Waals surface area (Å²) in [6.45, 7) is 4.58. The molecule has 1 aromatic carbocycles. The number of likely N-dealkylation sites (tertiary alicyclic amines) is 1. The van der Waals surface area contributed by atoms with Gasteiger partial charge in [0.1, 0.15) is 0 Å². The Labute approximate surface area is 171 Å². The summed E-state index contributed by atoms with van der Waals surface area (Å²) < 4.78 is 42.5. The van der Waals surface area contributed by atoms with E-state index in [-0.39, 0.29) is 18.1 Å². The number of amides is 1. The molecule has 30 heavy (non-hydrogen) atoms. The van der Waals surface area contributed by atoms with Gasteiger partial charge in [0.05, 0.1) is 0 Å². The van der Waals surface area contributed by atoms with Crippen molar-refractivity contribution in [2.75, 3.05) is 37.9 Å². The highest BCUT2D eigenvalue weighted by molar-refractivity contribution is 5.96. The summed E-state index contributed by atoms with van der Waals surface area (Å²) >= 11 is 0. The molecule has 1 atom stereocenters. The molecule has 5 rings (SSSR count). The van der Waals surface area contributed by atoms with Gasteiger partial charge in [-0.3, -0.25) is 4.79 Å². The predicted octanol–water partition coefficient (Wildman–Crippen LogP) is 2.89. The highest BCUT2D eigenvalue weighted by atomic mass is 19.4. The van der Waals surface area contributed by atoms with E-state index in [4.69, 9.17) is 19.4 Å². The van der Waals surface area contributed by atoms with Crippen LogP contribution in [0.5, 0.6) is 11.5 Å². The van der Waals surface area contributed by atoms with Gasteiger partial charge in [-0.05, 0) is 43.9 Å². The van der Waals surface area contributed by atoms with Gasteiger partial charge in [-0.25, -0.2) is 4.79 Å². The summed E-state index contributed by atoms with van der Waals surface area (Å²) in [5.41, 5.74) is 1.10. The number of rotatable bonds is 3. The number of hydrogen-bond acceptors (Lipinski definition) is 5. The summed E-state index contributed by atoms with van der Waals surface area (Å²) in [7, 11) is 0. The van der Waals surface area contributed by atoms with Gasteiger partial charge >= 0.3 is 12.1 Å². The predicted molar refractivity (Wildman–Crippen MR) is 99.4 cm³/mol. The standard InChI is InChI=1S/C18H22N2O3.C2HF3O2/c21-17-8-18(5-6-19(10-18)9-13-1-2-13)11-20(17)14-3-4-15-16(7-14)23-12-22-15;3-2(4,5)1(6)7/h3-4,7,13H,1-2,5-6,8-12H2;(H,6,7). The van der Waals surface area contributed by atoms with Crippen LogP contribution in [0.15, 0.2) is 18.2 Å². The van der Waals surface area contributed by atoms with Crippen LogP contribution in [0.4, 0.5) is 18.9 Å². The number of benzene rings is 1. The maximum Gasteiger partial charge on any atom is 0.490 e. The normalized spacial score (nSPS) is 25.6. The van der Waals surface area contributed by atoms with Gasteiger partial charge in [-0.1, -0.05) is 0 Å². The van der Waals surface area contributed by atoms with E-state index in [1.165, 1.54) is 19.4 Å². The molecular formula is C20H23F3N2O5. The highest BCUT2D eigenvalue weighted by Crippen LogP contribution is 2.44. The lowest BCUT2D eigenvalue weighted by atomic mass is 9.86. The molecule has 0 bridgehead atoms. The molecule has 1 N–H and O–H groups in total. The van der Waals surface area contributed by atoms with Crippen LogP contribution in [-0.4, -0.2) is 61.0 Å². The van der Waals surface area contributed by atoms with Crippen LogP contribution in [0.3, 0.4) is 0 Å². The van der Waals surface area contributed by atoms with Gasteiger partial charge in [0.25, 0.3) is 0 Å². The maximum atomic E-state index is 12.6. The van der Waals surface area contributed by atoms with Crippen molar-refractivity contribution in [1.29, 1.82) is 0 Å². The number of carboxylic acids is 1. The van der Waals surface area contributed by atoms with Gasteiger partial charge in [0, 0.05) is 43.2 Å². The van der Waals surface area contributed by atoms with Crippen LogP contribution in [-0.2, 0) is 9.59 Å². The minimum absolute atomic E-state index is 0.155. The van der Waals surface area contributed by atoms with Crippen molar-refractivity contribution in [1.82, 2.24) is 4.90 Å². The molecule has 10 heteroatoms. The van der Waals surface area contributed by atoms with Crippen molar-refractivity contribution in [3.63, 3.8) is 0 Å². The second-order valence-corrected chi connectivity index (χ2v) is 8.43. The number of carbonyl (C=O) groups is 2. The zero-order chi connectivity index (χ0) is 21.5. The smallest absolute Gasteiger partial charge is 0.475 e. The molecule has 0 aromatic heterocycles. The van der Waals surface area contributed by atoms with Gasteiger partial charge in [-0.2, -0.15) is 13.2 Å². The fraction of sp³-hybridized carbons (Fsp3) is 0.600. The number of anilines is 1. The van der Waals surface area contributed by atoms with E-state index >= 15 is 0 Å². The molecule has 1 aliphatic carbocycles. The molecule has 3 aliphatic heterocycles. The van der Waals surface area contributed by atoms with E-state index in [0.717, 1.165) is 49.2 Å². The summed E-state index contributed by atoms with van der Waals surface area (Å²) in [4.78, 5) is 26.0. The highest BCUT2D eigenvalue weighted by Gasteiger charge is 2.48. The first-order valence-corrected chi connectivity index (χ1v) is 9.88. The van der Waals surface area contributed by atoms with Crippen molar-refractivity contribution in [3.05, 3.63) is 18.2 Å². The molecule has 164 valence electrons. The van der Waals surface area contributed by atoms with Crippen LogP contribution in [0, 0.1) is 11.3 Å². The van der Waals surface area contributed by atoms with Crippen LogP contribution in [0.25, 0.3) is 0 Å². The van der Waals surface area contributed by atoms with Crippen LogP contribution in [0.2, 0.25) is 0 Å². The number of carbonyl (C=O) groups excluding carboxylic acids is 1. The third-order valence-corrected chi connectivity index (χ3v) is 5.96. The fourth-order valence-electron chi connectivity index (χ4n) is 4.31. The summed E-state index contributed by atoms with van der Waals surface area (Å²) in [5, 5.41) is 7.12. The molecule has 3 heterocycles. The van der Waals surface area contributed by atoms with E-state index in [1.807, 2.05) is 23.1 Å². The molecule has 2 saturated heterocycles. The Morgan fingerprint density at radius 2 is 1.90 bits per heavy atom. The number of aliphatic carboxylic acids is 1. The molecule has 7 nitrogen and oxygen atoms in total. The Hall–Kier alpha value is -2.49. The van der Waals surface area contributed by atoms with Gasteiger partial charge in [-0.15, -0.1) is 0 Å². The number of halogens is 3. The Bertz CT molecular complexity index is 842. The second-order valence-electron chi connectivity index (χ2n) is 8.43. The number of ether oxygens (including phenoxy) is 2. The topological polar surface area (TPSA) is 79.3 Å². The number of nitrogens with zero attached hydrogens (tertiary/aromatic N) is 2. The Morgan fingerprint density at radius 3 is 2.57 bits per heavy atom. The molecule has 1 saturated carbocycles. The average molecular weight is 428 g/mol. The second kappa shape index (κ2) is 7.64. The van der Waals surface area contributed by atoms with E-state index in [9.17, 15) is 18.0 Å². The number of hydrogen-bond donors (Lipinski definition) is 1. The van der Waals surface area contributed by atoms with Crippen molar-refractivity contribution in [2.24, 2.45) is 11.3 Å². The Morgan fingerprint density at radius 1 is 1.20 bits per heavy atom. The minimum Gasteiger partial charge on any atom is -0.475 e. The quantitative estimate of drug-likeness (QED) is 0.798. The minimum atomic E-state index is -5.08. The first-order valence-electron chi connectivity index (χ1n) is 9.88. The summed E-state index contributed by atoms with van der Waals surface area (Å²) in [6, 6.07) is 5.82. The van der Waals surface area contributed by atoms with E-state index in [1.54, 1.807) is 0 Å². The zero-order valence-electron chi connectivity index (χ0n) is 16.3. The van der Waals surface area contributed by atoms with Crippen LogP contribution in [0.1, 0.15) is 25.7 Å². The lowest BCUT2D eigenvalue weighted by Gasteiger charge is -2.24. The molecule has 3 fully saturated rings. The molecular weight excluding hydrogens is 405 g/mol. The average Bonchev–Trinajstić information content (AvgIpc) is 3.09. The first-order chi connectivity index (χ1) is 14.2. The third-order valence-electron chi connectivity index (χ3n) is 5.96.